The van der Waals surface area contributed by atoms with Crippen LogP contribution in [0.15, 0.2) is 23.4 Å². The number of rotatable bonds is 3. The molecule has 4 rings (SSSR count). The Bertz CT molecular complexity index is 843. The summed E-state index contributed by atoms with van der Waals surface area (Å²) in [7, 11) is -1.94. The first-order valence-electron chi connectivity index (χ1n) is 12.0. The number of carbonyl (C=O) groups excluding carboxylic acids is 2. The van der Waals surface area contributed by atoms with Crippen molar-refractivity contribution in [3.05, 3.63) is 23.4 Å². The molecule has 0 radical (unpaired) electrons. The molecule has 0 aromatic carbocycles. The van der Waals surface area contributed by atoms with Gasteiger partial charge in [0.1, 0.15) is 0 Å². The van der Waals surface area contributed by atoms with E-state index in [0.29, 0.717) is 24.9 Å². The Balaban J connectivity index is 1.88. The highest BCUT2D eigenvalue weighted by atomic mass is 28.3. The Morgan fingerprint density at radius 2 is 1.94 bits per heavy atom. The molecule has 1 aliphatic heterocycles. The normalized spacial score (nSPS) is 41.4. The maximum Gasteiger partial charge on any atom is 0.331 e. The summed E-state index contributed by atoms with van der Waals surface area (Å²) >= 11 is 0. The lowest BCUT2D eigenvalue weighted by Crippen LogP contribution is -2.60. The average Bonchev–Trinajstić information content (AvgIpc) is 2.97. The minimum atomic E-state index is -1.94. The van der Waals surface area contributed by atoms with Gasteiger partial charge < -0.3 is 14.4 Å². The van der Waals surface area contributed by atoms with Crippen LogP contribution in [-0.2, 0) is 14.3 Å². The second kappa shape index (κ2) is 7.58. The van der Waals surface area contributed by atoms with Gasteiger partial charge in [-0.15, -0.1) is 0 Å². The molecule has 1 heterocycles. The molecule has 1 saturated heterocycles. The molecule has 0 bridgehead atoms. The third-order valence-electron chi connectivity index (χ3n) is 8.90. The second-order valence-electron chi connectivity index (χ2n) is 11.6. The fourth-order valence-corrected chi connectivity index (χ4v) is 9.24. The van der Waals surface area contributed by atoms with Gasteiger partial charge in [0, 0.05) is 23.6 Å². The predicted molar refractivity (Wildman–Crippen MR) is 123 cm³/mol. The summed E-state index contributed by atoms with van der Waals surface area (Å²) in [6.45, 7) is 13.5. The molecule has 0 aromatic heterocycles. The Morgan fingerprint density at radius 3 is 2.58 bits per heavy atom. The van der Waals surface area contributed by atoms with Crippen LogP contribution in [0.25, 0.3) is 0 Å². The molecule has 0 aromatic rings. The van der Waals surface area contributed by atoms with Gasteiger partial charge in [-0.1, -0.05) is 33.5 Å². The number of allylic oxidation sites excluding steroid dienone is 3. The Hall–Kier alpha value is -1.40. The van der Waals surface area contributed by atoms with Crippen molar-refractivity contribution in [1.82, 2.24) is 4.57 Å². The SMILES string of the molecule is CCOC(=O)C=C1C=C2N([Si](C)(C)C)C(=O)CC[C@]2(C)[C@@H]2CC[C@]3(C)C(O)CC[C@H]3[C@H]12. The largest absolute Gasteiger partial charge is 0.463 e. The van der Waals surface area contributed by atoms with Crippen molar-refractivity contribution >= 4 is 20.1 Å². The quantitative estimate of drug-likeness (QED) is 0.390. The standard InChI is InChI=1S/C25H39NO4Si/c1-7-30-22(29)15-16-14-19-24(2,13-11-21(28)26(19)31(4,5)6)18-10-12-25(3)17(23(16)18)8-9-20(25)27/h14-15,17-18,20,23,27H,7-13H2,1-6H3/t17-,18+,20?,23-,24+,25-/m0/s1. The van der Waals surface area contributed by atoms with Gasteiger partial charge in [0.2, 0.25) is 5.91 Å². The number of hydrogen-bond acceptors (Lipinski definition) is 4. The van der Waals surface area contributed by atoms with Crippen molar-refractivity contribution in [1.29, 1.82) is 0 Å². The number of aliphatic hydroxyl groups is 1. The van der Waals surface area contributed by atoms with E-state index >= 15 is 0 Å². The van der Waals surface area contributed by atoms with E-state index in [1.165, 1.54) is 0 Å². The van der Waals surface area contributed by atoms with Gasteiger partial charge >= 0.3 is 5.97 Å². The zero-order valence-electron chi connectivity index (χ0n) is 20.0. The maximum absolute atomic E-state index is 13.1. The number of amides is 1. The van der Waals surface area contributed by atoms with Crippen LogP contribution in [-0.4, -0.2) is 42.5 Å². The third kappa shape index (κ3) is 3.45. The topological polar surface area (TPSA) is 66.8 Å². The molecule has 0 spiro atoms. The Labute approximate surface area is 188 Å². The fourth-order valence-electron chi connectivity index (χ4n) is 7.34. The lowest BCUT2D eigenvalue weighted by Gasteiger charge is -2.60. The zero-order valence-corrected chi connectivity index (χ0v) is 21.0. The summed E-state index contributed by atoms with van der Waals surface area (Å²) in [6.07, 6.45) is 8.93. The zero-order chi connectivity index (χ0) is 22.8. The Kier molecular flexibility index (Phi) is 5.57. The van der Waals surface area contributed by atoms with Crippen LogP contribution >= 0.6 is 0 Å². The summed E-state index contributed by atoms with van der Waals surface area (Å²) in [5.41, 5.74) is 1.97. The van der Waals surface area contributed by atoms with E-state index in [2.05, 4.69) is 44.1 Å². The maximum atomic E-state index is 13.1. The van der Waals surface area contributed by atoms with Crippen molar-refractivity contribution in [2.45, 2.75) is 85.0 Å². The van der Waals surface area contributed by atoms with Crippen molar-refractivity contribution in [3.63, 3.8) is 0 Å². The summed E-state index contributed by atoms with van der Waals surface area (Å²) in [5, 5.41) is 10.8. The molecule has 3 aliphatic carbocycles. The molecule has 2 saturated carbocycles. The van der Waals surface area contributed by atoms with Crippen molar-refractivity contribution in [2.75, 3.05) is 6.61 Å². The second-order valence-corrected chi connectivity index (χ2v) is 16.4. The van der Waals surface area contributed by atoms with Crippen LogP contribution in [0.4, 0.5) is 0 Å². The summed E-state index contributed by atoms with van der Waals surface area (Å²) in [5.74, 6) is 0.890. The highest BCUT2D eigenvalue weighted by Gasteiger charge is 2.61. The monoisotopic (exact) mass is 445 g/mol. The van der Waals surface area contributed by atoms with E-state index in [4.69, 9.17) is 4.74 Å². The molecular weight excluding hydrogens is 406 g/mol. The first kappa shape index (κ1) is 22.8. The van der Waals surface area contributed by atoms with E-state index in [0.717, 1.165) is 43.4 Å². The highest BCUT2D eigenvalue weighted by molar-refractivity contribution is 6.76. The first-order chi connectivity index (χ1) is 14.4. The van der Waals surface area contributed by atoms with Crippen molar-refractivity contribution in [3.8, 4) is 0 Å². The summed E-state index contributed by atoms with van der Waals surface area (Å²) in [6, 6.07) is 0. The first-order valence-corrected chi connectivity index (χ1v) is 15.5. The molecule has 6 heteroatoms. The van der Waals surface area contributed by atoms with E-state index in [9.17, 15) is 14.7 Å². The van der Waals surface area contributed by atoms with Crippen LogP contribution in [0.2, 0.25) is 19.6 Å². The van der Waals surface area contributed by atoms with Crippen LogP contribution in [0, 0.1) is 28.6 Å². The number of aliphatic hydroxyl groups excluding tert-OH is 1. The molecule has 1 unspecified atom stereocenters. The smallest absolute Gasteiger partial charge is 0.331 e. The molecular formula is C25H39NO4Si. The van der Waals surface area contributed by atoms with Gasteiger partial charge in [-0.05, 0) is 73.8 Å². The fraction of sp³-hybridized carbons (Fsp3) is 0.760. The number of nitrogens with zero attached hydrogens (tertiary/aromatic N) is 1. The highest BCUT2D eigenvalue weighted by Crippen LogP contribution is 2.65. The third-order valence-corrected chi connectivity index (χ3v) is 10.7. The van der Waals surface area contributed by atoms with E-state index < -0.39 is 8.24 Å². The molecule has 1 N–H and O–H groups in total. The van der Waals surface area contributed by atoms with E-state index in [1.54, 1.807) is 6.08 Å². The molecule has 172 valence electrons. The van der Waals surface area contributed by atoms with Gasteiger partial charge in [-0.3, -0.25) is 4.79 Å². The average molecular weight is 446 g/mol. The number of carbonyl (C=O) groups is 2. The molecule has 5 nitrogen and oxygen atoms in total. The number of hydrogen-bond donors (Lipinski definition) is 1. The van der Waals surface area contributed by atoms with Crippen molar-refractivity contribution in [2.24, 2.45) is 28.6 Å². The van der Waals surface area contributed by atoms with Crippen LogP contribution in [0.3, 0.4) is 0 Å². The molecule has 6 atom stereocenters. The Morgan fingerprint density at radius 1 is 1.23 bits per heavy atom. The predicted octanol–water partition coefficient (Wildman–Crippen LogP) is 4.64. The van der Waals surface area contributed by atoms with Gasteiger partial charge in [-0.25, -0.2) is 4.79 Å². The minimum absolute atomic E-state index is 0.0697. The molecule has 3 fully saturated rings. The van der Waals surface area contributed by atoms with E-state index in [1.807, 2.05) is 6.92 Å². The molecule has 4 aliphatic rings. The van der Waals surface area contributed by atoms with Gasteiger partial charge in [0.15, 0.2) is 8.24 Å². The van der Waals surface area contributed by atoms with Gasteiger partial charge in [0.05, 0.1) is 12.7 Å². The number of esters is 1. The van der Waals surface area contributed by atoms with Crippen LogP contribution < -0.4 is 0 Å². The minimum Gasteiger partial charge on any atom is -0.463 e. The lowest BCUT2D eigenvalue weighted by molar-refractivity contribution is -0.137. The van der Waals surface area contributed by atoms with Gasteiger partial charge in [-0.2, -0.15) is 0 Å². The van der Waals surface area contributed by atoms with Gasteiger partial charge in [0.25, 0.3) is 0 Å². The summed E-state index contributed by atoms with van der Waals surface area (Å²) < 4.78 is 7.42. The van der Waals surface area contributed by atoms with E-state index in [-0.39, 0.29) is 34.7 Å². The molecule has 1 amide bonds. The number of ether oxygens (including phenoxy) is 1. The lowest BCUT2D eigenvalue weighted by atomic mass is 9.48. The molecule has 31 heavy (non-hydrogen) atoms. The van der Waals surface area contributed by atoms with Crippen molar-refractivity contribution < 1.29 is 19.4 Å². The number of piperidine rings is 1. The van der Waals surface area contributed by atoms with Crippen LogP contribution in [0.1, 0.15) is 59.3 Å². The number of fused-ring (bicyclic) bond motifs is 5. The summed E-state index contributed by atoms with van der Waals surface area (Å²) in [4.78, 5) is 25.6. The van der Waals surface area contributed by atoms with Crippen LogP contribution in [0.5, 0.6) is 0 Å².